The molecule has 0 bridgehead atoms. The summed E-state index contributed by atoms with van der Waals surface area (Å²) in [4.78, 5) is 6.54. The molecule has 6 nitrogen and oxygen atoms in total. The van der Waals surface area contributed by atoms with Gasteiger partial charge >= 0.3 is 0 Å². The van der Waals surface area contributed by atoms with Gasteiger partial charge in [0, 0.05) is 23.9 Å². The van der Waals surface area contributed by atoms with Crippen molar-refractivity contribution in [3.05, 3.63) is 77.6 Å². The topological polar surface area (TPSA) is 56.3 Å². The highest BCUT2D eigenvalue weighted by atomic mass is 19.1. The van der Waals surface area contributed by atoms with E-state index < -0.39 is 0 Å². The Morgan fingerprint density at radius 3 is 2.69 bits per heavy atom. The predicted molar refractivity (Wildman–Crippen MR) is 121 cm³/mol. The van der Waals surface area contributed by atoms with Crippen LogP contribution in [0.2, 0.25) is 0 Å². The molecule has 1 aliphatic rings. The van der Waals surface area contributed by atoms with Gasteiger partial charge in [-0.25, -0.2) is 9.37 Å². The number of imidazole rings is 1. The van der Waals surface area contributed by atoms with Crippen molar-refractivity contribution in [2.45, 2.75) is 32.7 Å². The molecule has 2 aromatic carbocycles. The summed E-state index contributed by atoms with van der Waals surface area (Å²) in [6.45, 7) is 4.94. The fourth-order valence-electron chi connectivity index (χ4n) is 4.39. The summed E-state index contributed by atoms with van der Waals surface area (Å²) in [6, 6.07) is 12.7. The SMILES string of the molecule is COc1cc(-c2onc3c2CCCN3[C@@H](C)c2ccc(F)cc2)ccc1-n1cnc(C)c1. The quantitative estimate of drug-likeness (QED) is 0.417. The van der Waals surface area contributed by atoms with Crippen LogP contribution in [0, 0.1) is 12.7 Å². The van der Waals surface area contributed by atoms with Gasteiger partial charge in [0.2, 0.25) is 0 Å². The molecule has 0 amide bonds. The molecule has 2 aromatic heterocycles. The minimum Gasteiger partial charge on any atom is -0.495 e. The molecule has 0 saturated carbocycles. The first-order valence-corrected chi connectivity index (χ1v) is 10.7. The summed E-state index contributed by atoms with van der Waals surface area (Å²) >= 11 is 0. The molecule has 1 aliphatic heterocycles. The fourth-order valence-corrected chi connectivity index (χ4v) is 4.39. The summed E-state index contributed by atoms with van der Waals surface area (Å²) in [7, 11) is 1.66. The Bertz CT molecular complexity index is 1250. The maximum absolute atomic E-state index is 13.4. The molecule has 0 N–H and O–H groups in total. The van der Waals surface area contributed by atoms with Crippen molar-refractivity contribution < 1.29 is 13.7 Å². The first kappa shape index (κ1) is 20.3. The van der Waals surface area contributed by atoms with Crippen LogP contribution in [0.25, 0.3) is 17.0 Å². The van der Waals surface area contributed by atoms with E-state index in [1.54, 1.807) is 13.4 Å². The Morgan fingerprint density at radius 2 is 1.97 bits per heavy atom. The zero-order valence-corrected chi connectivity index (χ0v) is 18.4. The lowest BCUT2D eigenvalue weighted by Gasteiger charge is -2.33. The molecule has 32 heavy (non-hydrogen) atoms. The van der Waals surface area contributed by atoms with Gasteiger partial charge in [0.15, 0.2) is 11.6 Å². The third kappa shape index (κ3) is 3.53. The second kappa shape index (κ2) is 8.15. The normalized spacial score (nSPS) is 14.3. The van der Waals surface area contributed by atoms with Gasteiger partial charge in [-0.3, -0.25) is 0 Å². The molecule has 164 valence electrons. The average Bonchev–Trinajstić information content (AvgIpc) is 3.45. The second-order valence-electron chi connectivity index (χ2n) is 8.15. The molecule has 3 heterocycles. The van der Waals surface area contributed by atoms with E-state index in [9.17, 15) is 4.39 Å². The van der Waals surface area contributed by atoms with Gasteiger partial charge in [-0.15, -0.1) is 0 Å². The van der Waals surface area contributed by atoms with E-state index >= 15 is 0 Å². The highest BCUT2D eigenvalue weighted by Crippen LogP contribution is 2.40. The number of benzene rings is 2. The number of anilines is 1. The second-order valence-corrected chi connectivity index (χ2v) is 8.15. The van der Waals surface area contributed by atoms with Gasteiger partial charge in [-0.05, 0) is 62.6 Å². The lowest BCUT2D eigenvalue weighted by molar-refractivity contribution is 0.411. The van der Waals surface area contributed by atoms with E-state index in [0.29, 0.717) is 0 Å². The number of fused-ring (bicyclic) bond motifs is 1. The number of halogens is 1. The van der Waals surface area contributed by atoms with E-state index in [1.807, 2.05) is 48.0 Å². The predicted octanol–water partition coefficient (Wildman–Crippen LogP) is 5.50. The molecular weight excluding hydrogens is 407 g/mol. The molecule has 0 saturated heterocycles. The summed E-state index contributed by atoms with van der Waals surface area (Å²) in [5.74, 6) is 2.13. The van der Waals surface area contributed by atoms with Crippen LogP contribution in [0.5, 0.6) is 5.75 Å². The zero-order chi connectivity index (χ0) is 22.2. The lowest BCUT2D eigenvalue weighted by atomic mass is 9.98. The molecule has 5 rings (SSSR count). The van der Waals surface area contributed by atoms with Gasteiger partial charge in [-0.2, -0.15) is 0 Å². The van der Waals surface area contributed by atoms with E-state index in [-0.39, 0.29) is 11.9 Å². The van der Waals surface area contributed by atoms with E-state index in [0.717, 1.165) is 64.8 Å². The molecule has 4 aromatic rings. The van der Waals surface area contributed by atoms with Crippen LogP contribution < -0.4 is 9.64 Å². The fraction of sp³-hybridized carbons (Fsp3) is 0.280. The summed E-state index contributed by atoms with van der Waals surface area (Å²) < 4.78 is 26.8. The minimum absolute atomic E-state index is 0.0639. The van der Waals surface area contributed by atoms with Crippen molar-refractivity contribution in [1.29, 1.82) is 0 Å². The van der Waals surface area contributed by atoms with Crippen molar-refractivity contribution in [3.8, 4) is 22.8 Å². The number of ether oxygens (including phenoxy) is 1. The number of hydrogen-bond acceptors (Lipinski definition) is 5. The van der Waals surface area contributed by atoms with E-state index in [2.05, 4.69) is 22.0 Å². The Morgan fingerprint density at radius 1 is 1.16 bits per heavy atom. The number of nitrogens with zero attached hydrogens (tertiary/aromatic N) is 4. The summed E-state index contributed by atoms with van der Waals surface area (Å²) in [6.07, 6.45) is 5.63. The van der Waals surface area contributed by atoms with Crippen LogP contribution in [-0.2, 0) is 6.42 Å². The Kier molecular flexibility index (Phi) is 5.17. The van der Waals surface area contributed by atoms with Gasteiger partial charge in [0.25, 0.3) is 0 Å². The van der Waals surface area contributed by atoms with Crippen molar-refractivity contribution in [2.75, 3.05) is 18.6 Å². The first-order chi connectivity index (χ1) is 15.5. The number of aromatic nitrogens is 3. The smallest absolute Gasteiger partial charge is 0.176 e. The number of aryl methyl sites for hydroxylation is 1. The van der Waals surface area contributed by atoms with Crippen LogP contribution in [-0.4, -0.2) is 28.4 Å². The highest BCUT2D eigenvalue weighted by molar-refractivity contribution is 5.71. The lowest BCUT2D eigenvalue weighted by Crippen LogP contribution is -2.32. The highest BCUT2D eigenvalue weighted by Gasteiger charge is 2.29. The zero-order valence-electron chi connectivity index (χ0n) is 18.4. The van der Waals surface area contributed by atoms with Crippen molar-refractivity contribution in [2.24, 2.45) is 0 Å². The molecule has 0 fully saturated rings. The first-order valence-electron chi connectivity index (χ1n) is 10.7. The third-order valence-corrected chi connectivity index (χ3v) is 6.12. The molecule has 0 unspecified atom stereocenters. The molecule has 1 atom stereocenters. The van der Waals surface area contributed by atoms with Gasteiger partial charge in [0.05, 0.1) is 30.9 Å². The van der Waals surface area contributed by atoms with Crippen LogP contribution in [0.3, 0.4) is 0 Å². The third-order valence-electron chi connectivity index (χ3n) is 6.12. The molecule has 7 heteroatoms. The minimum atomic E-state index is -0.229. The number of hydrogen-bond donors (Lipinski definition) is 0. The summed E-state index contributed by atoms with van der Waals surface area (Å²) in [5.41, 5.74) is 4.92. The largest absolute Gasteiger partial charge is 0.495 e. The number of methoxy groups -OCH3 is 1. The van der Waals surface area contributed by atoms with E-state index in [4.69, 9.17) is 9.26 Å². The Labute approximate surface area is 186 Å². The van der Waals surface area contributed by atoms with E-state index in [1.165, 1.54) is 12.1 Å². The van der Waals surface area contributed by atoms with Crippen LogP contribution in [0.4, 0.5) is 10.2 Å². The van der Waals surface area contributed by atoms with Crippen LogP contribution in [0.1, 0.15) is 36.2 Å². The standard InChI is InChI=1S/C25H25FN4O2/c1-16-14-29(15-27-16)22-11-8-19(13-23(22)31-3)24-21-5-4-12-30(25(21)28-32-24)17(2)18-6-9-20(26)10-7-18/h6-11,13-15,17H,4-5,12H2,1-3H3/t17-/m0/s1. The van der Waals surface area contributed by atoms with Crippen LogP contribution in [0.15, 0.2) is 59.5 Å². The molecule has 0 aliphatic carbocycles. The summed E-state index contributed by atoms with van der Waals surface area (Å²) in [5, 5.41) is 4.44. The van der Waals surface area contributed by atoms with Gasteiger partial charge in [0.1, 0.15) is 11.6 Å². The monoisotopic (exact) mass is 432 g/mol. The Balaban J connectivity index is 1.49. The van der Waals surface area contributed by atoms with Gasteiger partial charge in [-0.1, -0.05) is 17.3 Å². The Hall–Kier alpha value is -3.61. The molecular formula is C25H25FN4O2. The van der Waals surface area contributed by atoms with Crippen molar-refractivity contribution in [3.63, 3.8) is 0 Å². The van der Waals surface area contributed by atoms with Crippen LogP contribution >= 0.6 is 0 Å². The van der Waals surface area contributed by atoms with Crippen molar-refractivity contribution >= 4 is 5.82 Å². The van der Waals surface area contributed by atoms with Gasteiger partial charge < -0.3 is 18.7 Å². The average molecular weight is 432 g/mol. The molecule has 0 spiro atoms. The maximum Gasteiger partial charge on any atom is 0.176 e. The maximum atomic E-state index is 13.4. The van der Waals surface area contributed by atoms with Crippen molar-refractivity contribution in [1.82, 2.24) is 14.7 Å². The number of rotatable bonds is 5. The molecule has 0 radical (unpaired) electrons.